The average molecular weight is 732 g/mol. The van der Waals surface area contributed by atoms with Crippen molar-refractivity contribution in [2.24, 2.45) is 0 Å². The lowest BCUT2D eigenvalue weighted by Gasteiger charge is -2.15. The highest BCUT2D eigenvalue weighted by Gasteiger charge is 2.20. The largest absolute Gasteiger partial charge is 0.480 e. The summed E-state index contributed by atoms with van der Waals surface area (Å²) in [6, 6.07) is -1.10. The lowest BCUT2D eigenvalue weighted by atomic mass is 10.0. The van der Waals surface area contributed by atoms with E-state index in [2.05, 4.69) is 22.9 Å². The monoisotopic (exact) mass is 732 g/mol. The van der Waals surface area contributed by atoms with Crippen LogP contribution in [0.15, 0.2) is 0 Å². The van der Waals surface area contributed by atoms with Crippen LogP contribution in [0, 0.1) is 0 Å². The second-order valence-corrected chi connectivity index (χ2v) is 13.3. The van der Waals surface area contributed by atoms with Crippen LogP contribution in [0.4, 0.5) is 0 Å². The summed E-state index contributed by atoms with van der Waals surface area (Å²) in [6.45, 7) is 6.40. The van der Waals surface area contributed by atoms with Gasteiger partial charge in [-0.2, -0.15) is 0 Å². The van der Waals surface area contributed by atoms with Crippen LogP contribution < -0.4 is 16.0 Å². The highest BCUT2D eigenvalue weighted by atomic mass is 16.5. The Kier molecular flexibility index (Phi) is 36.0. The molecule has 0 aromatic rings. The van der Waals surface area contributed by atoms with Crippen LogP contribution in [0.25, 0.3) is 0 Å². The van der Waals surface area contributed by atoms with Gasteiger partial charge in [-0.15, -0.1) is 0 Å². The molecule has 13 heteroatoms. The third-order valence-corrected chi connectivity index (χ3v) is 8.32. The number of amides is 2. The number of rotatable bonds is 40. The Labute approximate surface area is 308 Å². The van der Waals surface area contributed by atoms with E-state index in [4.69, 9.17) is 18.9 Å². The zero-order chi connectivity index (χ0) is 37.6. The first-order valence-electron chi connectivity index (χ1n) is 19.8. The van der Waals surface area contributed by atoms with Crippen molar-refractivity contribution in [3.8, 4) is 0 Å². The number of carboxylic acids is 1. The van der Waals surface area contributed by atoms with Gasteiger partial charge in [-0.25, -0.2) is 4.79 Å². The molecule has 0 rings (SSSR count). The first kappa shape index (κ1) is 48.8. The van der Waals surface area contributed by atoms with Crippen molar-refractivity contribution in [2.45, 2.75) is 155 Å². The molecular weight excluding hydrogens is 658 g/mol. The molecule has 0 heterocycles. The van der Waals surface area contributed by atoms with Crippen molar-refractivity contribution in [3.05, 3.63) is 0 Å². The Morgan fingerprint density at radius 2 is 1.08 bits per heavy atom. The van der Waals surface area contributed by atoms with Gasteiger partial charge in [0, 0.05) is 25.9 Å². The maximum atomic E-state index is 12.3. The molecule has 0 bridgehead atoms. The Bertz CT molecular complexity index is 849. The molecule has 0 aliphatic rings. The normalized spacial score (nSPS) is 12.5. The quantitative estimate of drug-likeness (QED) is 0.0420. The van der Waals surface area contributed by atoms with E-state index in [1.165, 1.54) is 96.8 Å². The molecule has 13 nitrogen and oxygen atoms in total. The molecule has 5 N–H and O–H groups in total. The molecular formula is C38H73N3O10. The standard InChI is InChI=1S/C38H73N3O10/c1-3-4-5-6-7-8-9-10-11-12-13-14-15-16-17-18-19-20-36(44)41-34(38(46)47)21-22-35(43)39-23-25-48-28-30-51-32-37(45)40-24-26-49-27-29-50-31-33(2)42/h34,37,40,45H,3-32H2,1-2H3,(H,39,43)(H,41,44)(H,46,47)/t34-,37?/m0/s1. The van der Waals surface area contributed by atoms with Crippen molar-refractivity contribution >= 4 is 23.6 Å². The number of Topliss-reactive ketones (excluding diaryl/α,β-unsaturated/α-hetero) is 1. The van der Waals surface area contributed by atoms with Crippen molar-refractivity contribution in [3.63, 3.8) is 0 Å². The van der Waals surface area contributed by atoms with Gasteiger partial charge in [-0.3, -0.25) is 19.7 Å². The average Bonchev–Trinajstić information content (AvgIpc) is 3.09. The molecule has 0 radical (unpaired) electrons. The fourth-order valence-corrected chi connectivity index (χ4v) is 5.37. The summed E-state index contributed by atoms with van der Waals surface area (Å²) in [4.78, 5) is 46.8. The molecule has 0 saturated carbocycles. The van der Waals surface area contributed by atoms with Gasteiger partial charge in [0.1, 0.15) is 18.9 Å². The number of nitrogens with one attached hydrogen (secondary N) is 3. The maximum Gasteiger partial charge on any atom is 0.326 e. The van der Waals surface area contributed by atoms with Gasteiger partial charge in [0.15, 0.2) is 5.78 Å². The second-order valence-electron chi connectivity index (χ2n) is 13.3. The molecule has 51 heavy (non-hydrogen) atoms. The third kappa shape index (κ3) is 37.4. The van der Waals surface area contributed by atoms with Crippen molar-refractivity contribution < 1.29 is 48.3 Å². The van der Waals surface area contributed by atoms with Crippen LogP contribution in [0.3, 0.4) is 0 Å². The zero-order valence-corrected chi connectivity index (χ0v) is 32.0. The summed E-state index contributed by atoms with van der Waals surface area (Å²) in [5.74, 6) is -1.79. The smallest absolute Gasteiger partial charge is 0.326 e. The van der Waals surface area contributed by atoms with Gasteiger partial charge in [-0.05, 0) is 19.8 Å². The highest BCUT2D eigenvalue weighted by Crippen LogP contribution is 2.14. The molecule has 2 atom stereocenters. The molecule has 0 aromatic heterocycles. The minimum Gasteiger partial charge on any atom is -0.480 e. The SMILES string of the molecule is CCCCCCCCCCCCCCCCCCCC(=O)N[C@@H](CCC(=O)NCCOCCOCC(O)NCCOCCOCC(C)=O)C(=O)O. The van der Waals surface area contributed by atoms with Gasteiger partial charge >= 0.3 is 5.97 Å². The predicted molar refractivity (Wildman–Crippen MR) is 199 cm³/mol. The summed E-state index contributed by atoms with van der Waals surface area (Å²) in [5, 5.41) is 27.4. The molecule has 0 aromatic carbocycles. The summed E-state index contributed by atoms with van der Waals surface area (Å²) in [7, 11) is 0. The molecule has 0 aliphatic carbocycles. The van der Waals surface area contributed by atoms with E-state index in [1.54, 1.807) is 0 Å². The van der Waals surface area contributed by atoms with Crippen LogP contribution in [0.1, 0.15) is 142 Å². The summed E-state index contributed by atoms with van der Waals surface area (Å²) in [6.07, 6.45) is 20.9. The molecule has 0 saturated heterocycles. The number of hydrogen-bond donors (Lipinski definition) is 5. The minimum atomic E-state index is -1.15. The van der Waals surface area contributed by atoms with E-state index in [0.29, 0.717) is 32.8 Å². The molecule has 0 aliphatic heterocycles. The first-order chi connectivity index (χ1) is 24.8. The zero-order valence-electron chi connectivity index (χ0n) is 32.0. The van der Waals surface area contributed by atoms with Crippen molar-refractivity contribution in [1.82, 2.24) is 16.0 Å². The number of aliphatic hydroxyl groups is 1. The van der Waals surface area contributed by atoms with Gasteiger partial charge in [-0.1, -0.05) is 110 Å². The Balaban J connectivity index is 3.65. The van der Waals surface area contributed by atoms with E-state index in [-0.39, 0.29) is 70.0 Å². The molecule has 0 fully saturated rings. The van der Waals surface area contributed by atoms with E-state index in [9.17, 15) is 29.4 Å². The van der Waals surface area contributed by atoms with E-state index >= 15 is 0 Å². The third-order valence-electron chi connectivity index (χ3n) is 8.32. The highest BCUT2D eigenvalue weighted by molar-refractivity contribution is 5.84. The number of aliphatic carboxylic acids is 1. The number of carbonyl (C=O) groups excluding carboxylic acids is 3. The number of carbonyl (C=O) groups is 4. The number of ketones is 1. The number of ether oxygens (including phenoxy) is 4. The fourth-order valence-electron chi connectivity index (χ4n) is 5.37. The van der Waals surface area contributed by atoms with Crippen molar-refractivity contribution in [2.75, 3.05) is 65.9 Å². The number of unbranched alkanes of at least 4 members (excludes halogenated alkanes) is 16. The summed E-state index contributed by atoms with van der Waals surface area (Å²) in [5.41, 5.74) is 0. The van der Waals surface area contributed by atoms with E-state index < -0.39 is 18.2 Å². The van der Waals surface area contributed by atoms with Gasteiger partial charge < -0.3 is 39.8 Å². The first-order valence-corrected chi connectivity index (χ1v) is 19.8. The lowest BCUT2D eigenvalue weighted by molar-refractivity contribution is -0.142. The molecule has 2 amide bonds. The predicted octanol–water partition coefficient (Wildman–Crippen LogP) is 5.06. The van der Waals surface area contributed by atoms with Crippen LogP contribution >= 0.6 is 0 Å². The van der Waals surface area contributed by atoms with Crippen LogP contribution in [0.2, 0.25) is 0 Å². The van der Waals surface area contributed by atoms with E-state index in [0.717, 1.165) is 19.3 Å². The summed E-state index contributed by atoms with van der Waals surface area (Å²) < 4.78 is 21.2. The summed E-state index contributed by atoms with van der Waals surface area (Å²) >= 11 is 0. The Morgan fingerprint density at radius 3 is 1.61 bits per heavy atom. The van der Waals surface area contributed by atoms with Gasteiger partial charge in [0.25, 0.3) is 0 Å². The fraction of sp³-hybridized carbons (Fsp3) is 0.895. The lowest BCUT2D eigenvalue weighted by Crippen LogP contribution is -2.41. The minimum absolute atomic E-state index is 0.0126. The van der Waals surface area contributed by atoms with Gasteiger partial charge in [0.05, 0.1) is 46.2 Å². The van der Waals surface area contributed by atoms with Gasteiger partial charge in [0.2, 0.25) is 11.8 Å². The topological polar surface area (TPSA) is 182 Å². The maximum absolute atomic E-state index is 12.3. The van der Waals surface area contributed by atoms with Crippen molar-refractivity contribution in [1.29, 1.82) is 0 Å². The Hall–Kier alpha value is -2.16. The van der Waals surface area contributed by atoms with Crippen LogP contribution in [0.5, 0.6) is 0 Å². The molecule has 300 valence electrons. The molecule has 1 unspecified atom stereocenters. The number of hydrogen-bond acceptors (Lipinski definition) is 10. The van der Waals surface area contributed by atoms with Crippen LogP contribution in [-0.2, 0) is 38.1 Å². The second kappa shape index (κ2) is 37.6. The number of aliphatic hydroxyl groups excluding tert-OH is 1. The number of carboxylic acid groups (broad SMARTS) is 1. The van der Waals surface area contributed by atoms with E-state index in [1.807, 2.05) is 0 Å². The van der Waals surface area contributed by atoms with Crippen LogP contribution in [-0.4, -0.2) is 112 Å². The Morgan fingerprint density at radius 1 is 0.588 bits per heavy atom. The molecule has 0 spiro atoms.